The van der Waals surface area contributed by atoms with E-state index in [4.69, 9.17) is 4.42 Å². The van der Waals surface area contributed by atoms with Gasteiger partial charge in [0.2, 0.25) is 0 Å². The largest absolute Gasteiger partial charge is 0.422 e. The monoisotopic (exact) mass is 296 g/mol. The van der Waals surface area contributed by atoms with E-state index >= 15 is 0 Å². The van der Waals surface area contributed by atoms with Crippen molar-refractivity contribution in [3.05, 3.63) is 47.6 Å². The predicted molar refractivity (Wildman–Crippen MR) is 81.4 cm³/mol. The quantitative estimate of drug-likeness (QED) is 0.781. The molecular weight excluding hydrogens is 280 g/mol. The van der Waals surface area contributed by atoms with Crippen molar-refractivity contribution in [2.75, 3.05) is 11.4 Å². The zero-order valence-electron chi connectivity index (χ0n) is 12.2. The Morgan fingerprint density at radius 1 is 1.32 bits per heavy atom. The lowest BCUT2D eigenvalue weighted by atomic mass is 9.97. The van der Waals surface area contributed by atoms with Gasteiger partial charge < -0.3 is 14.4 Å². The number of benzene rings is 1. The van der Waals surface area contributed by atoms with Gasteiger partial charge in [-0.15, -0.1) is 0 Å². The Balaban J connectivity index is 1.78. The maximum absolute atomic E-state index is 10.4. The molecule has 6 heteroatoms. The van der Waals surface area contributed by atoms with Crippen LogP contribution in [0.4, 0.5) is 5.82 Å². The van der Waals surface area contributed by atoms with Crippen LogP contribution in [0, 0.1) is 0 Å². The highest BCUT2D eigenvalue weighted by Crippen LogP contribution is 2.31. The van der Waals surface area contributed by atoms with Crippen molar-refractivity contribution in [1.82, 2.24) is 15.0 Å². The summed E-state index contributed by atoms with van der Waals surface area (Å²) in [6.45, 7) is 3.16. The lowest BCUT2D eigenvalue weighted by molar-refractivity contribution is 0.175. The molecule has 0 bridgehead atoms. The Labute approximate surface area is 127 Å². The summed E-state index contributed by atoms with van der Waals surface area (Å²) in [4.78, 5) is 15.0. The zero-order valence-corrected chi connectivity index (χ0v) is 12.2. The second-order valence-corrected chi connectivity index (χ2v) is 5.41. The number of oxazole rings is 1. The van der Waals surface area contributed by atoms with Gasteiger partial charge in [0.05, 0.1) is 6.10 Å². The first-order valence-electron chi connectivity index (χ1n) is 7.37. The van der Waals surface area contributed by atoms with Crippen molar-refractivity contribution in [2.45, 2.75) is 26.0 Å². The number of β-amino-alcohol motifs (C(OH)–C–C–N with tert-alkyl or cyclic N) is 1. The normalized spacial score (nSPS) is 17.7. The molecule has 2 aromatic heterocycles. The molecule has 0 aliphatic carbocycles. The van der Waals surface area contributed by atoms with Crippen LogP contribution in [0.3, 0.4) is 0 Å². The highest BCUT2D eigenvalue weighted by Gasteiger charge is 2.26. The van der Waals surface area contributed by atoms with Gasteiger partial charge in [-0.1, -0.05) is 31.2 Å². The van der Waals surface area contributed by atoms with Gasteiger partial charge in [0.1, 0.15) is 6.33 Å². The third-order valence-electron chi connectivity index (χ3n) is 3.99. The maximum Gasteiger partial charge on any atom is 0.252 e. The van der Waals surface area contributed by atoms with E-state index in [2.05, 4.69) is 15.0 Å². The molecule has 0 spiro atoms. The van der Waals surface area contributed by atoms with Crippen LogP contribution in [-0.2, 0) is 13.0 Å². The molecule has 0 unspecified atom stereocenters. The highest BCUT2D eigenvalue weighted by molar-refractivity contribution is 5.81. The molecule has 1 aliphatic rings. The molecule has 112 valence electrons. The molecule has 1 N–H and O–H groups in total. The fourth-order valence-electron chi connectivity index (χ4n) is 2.91. The summed E-state index contributed by atoms with van der Waals surface area (Å²) in [5.41, 5.74) is 3.24. The number of hydrogen-bond donors (Lipinski definition) is 1. The molecule has 0 radical (unpaired) electrons. The van der Waals surface area contributed by atoms with Gasteiger partial charge in [-0.25, -0.2) is 9.97 Å². The zero-order chi connectivity index (χ0) is 15.1. The van der Waals surface area contributed by atoms with Crippen LogP contribution in [0.15, 0.2) is 35.0 Å². The van der Waals surface area contributed by atoms with Crippen LogP contribution in [0.2, 0.25) is 0 Å². The highest BCUT2D eigenvalue weighted by atomic mass is 16.4. The predicted octanol–water partition coefficient (Wildman–Crippen LogP) is 2.23. The molecule has 22 heavy (non-hydrogen) atoms. The van der Waals surface area contributed by atoms with E-state index in [-0.39, 0.29) is 0 Å². The van der Waals surface area contributed by atoms with Gasteiger partial charge >= 0.3 is 0 Å². The summed E-state index contributed by atoms with van der Waals surface area (Å²) in [6.07, 6.45) is 1.66. The molecule has 3 heterocycles. The van der Waals surface area contributed by atoms with Gasteiger partial charge in [-0.05, 0) is 11.1 Å². The number of anilines is 1. The minimum atomic E-state index is -0.535. The molecule has 3 aromatic rings. The van der Waals surface area contributed by atoms with Crippen LogP contribution in [0.5, 0.6) is 0 Å². The number of aliphatic hydroxyl groups is 1. The van der Waals surface area contributed by atoms with Crippen LogP contribution >= 0.6 is 0 Å². The lowest BCUT2D eigenvalue weighted by Gasteiger charge is -2.32. The molecule has 1 aromatic carbocycles. The number of aromatic nitrogens is 3. The summed E-state index contributed by atoms with van der Waals surface area (Å²) in [7, 11) is 0. The Kier molecular flexibility index (Phi) is 3.04. The van der Waals surface area contributed by atoms with Crippen molar-refractivity contribution in [2.24, 2.45) is 0 Å². The fraction of sp³-hybridized carbons (Fsp3) is 0.312. The molecule has 0 fully saturated rings. The maximum atomic E-state index is 10.4. The van der Waals surface area contributed by atoms with Crippen LogP contribution in [-0.4, -0.2) is 26.6 Å². The third-order valence-corrected chi connectivity index (χ3v) is 3.99. The minimum absolute atomic E-state index is 0.484. The molecule has 0 saturated carbocycles. The summed E-state index contributed by atoms with van der Waals surface area (Å²) in [6, 6.07) is 7.93. The van der Waals surface area contributed by atoms with E-state index in [9.17, 15) is 5.11 Å². The van der Waals surface area contributed by atoms with Crippen LogP contribution in [0.1, 0.15) is 30.0 Å². The Morgan fingerprint density at radius 3 is 3.05 bits per heavy atom. The summed E-state index contributed by atoms with van der Waals surface area (Å²) in [5, 5.41) is 10.4. The lowest BCUT2D eigenvalue weighted by Crippen LogP contribution is -2.34. The first kappa shape index (κ1) is 13.2. The number of nitrogens with zero attached hydrogens (tertiary/aromatic N) is 4. The molecule has 1 atom stereocenters. The second kappa shape index (κ2) is 5.06. The van der Waals surface area contributed by atoms with Crippen molar-refractivity contribution in [3.8, 4) is 0 Å². The number of aliphatic hydroxyl groups excluding tert-OH is 1. The minimum Gasteiger partial charge on any atom is -0.422 e. The molecule has 4 rings (SSSR count). The Bertz CT molecular complexity index is 830. The number of rotatable bonds is 2. The van der Waals surface area contributed by atoms with Crippen molar-refractivity contribution < 1.29 is 9.52 Å². The first-order valence-corrected chi connectivity index (χ1v) is 7.37. The van der Waals surface area contributed by atoms with Gasteiger partial charge in [0.15, 0.2) is 17.2 Å². The van der Waals surface area contributed by atoms with E-state index in [0.717, 1.165) is 11.1 Å². The van der Waals surface area contributed by atoms with E-state index < -0.39 is 6.10 Å². The average Bonchev–Trinajstić information content (AvgIpc) is 2.98. The van der Waals surface area contributed by atoms with Crippen LogP contribution < -0.4 is 4.90 Å². The van der Waals surface area contributed by atoms with Gasteiger partial charge in [-0.3, -0.25) is 0 Å². The van der Waals surface area contributed by atoms with E-state index in [1.54, 1.807) is 0 Å². The van der Waals surface area contributed by atoms with Gasteiger partial charge in [0, 0.05) is 19.5 Å². The summed E-state index contributed by atoms with van der Waals surface area (Å²) in [5.74, 6) is 1.36. The molecule has 0 amide bonds. The van der Waals surface area contributed by atoms with Crippen LogP contribution in [0.25, 0.3) is 11.2 Å². The SMILES string of the molecule is CCc1nc2c(N3Cc4ccccc4[C@H](O)C3)ncnc2o1. The average molecular weight is 296 g/mol. The topological polar surface area (TPSA) is 75.3 Å². The molecule has 0 saturated heterocycles. The fourth-order valence-corrected chi connectivity index (χ4v) is 2.91. The second-order valence-electron chi connectivity index (χ2n) is 5.41. The molecular formula is C16H16N4O2. The van der Waals surface area contributed by atoms with Gasteiger partial charge in [0.25, 0.3) is 5.71 Å². The first-order chi connectivity index (χ1) is 10.8. The summed E-state index contributed by atoms with van der Waals surface area (Å²) >= 11 is 0. The Hall–Kier alpha value is -2.47. The Morgan fingerprint density at radius 2 is 2.18 bits per heavy atom. The van der Waals surface area contributed by atoms with Crippen molar-refractivity contribution in [3.63, 3.8) is 0 Å². The third kappa shape index (κ3) is 2.03. The van der Waals surface area contributed by atoms with Gasteiger partial charge in [-0.2, -0.15) is 4.98 Å². The number of aryl methyl sites for hydroxylation is 1. The number of hydrogen-bond acceptors (Lipinski definition) is 6. The van der Waals surface area contributed by atoms with Crippen molar-refractivity contribution >= 4 is 17.0 Å². The summed E-state index contributed by atoms with van der Waals surface area (Å²) < 4.78 is 5.59. The smallest absolute Gasteiger partial charge is 0.252 e. The molecule has 6 nitrogen and oxygen atoms in total. The van der Waals surface area contributed by atoms with Crippen molar-refractivity contribution in [1.29, 1.82) is 0 Å². The van der Waals surface area contributed by atoms with E-state index in [1.165, 1.54) is 6.33 Å². The van der Waals surface area contributed by atoms with E-state index in [0.29, 0.717) is 42.4 Å². The molecule has 1 aliphatic heterocycles. The standard InChI is InChI=1S/C16H16N4O2/c1-2-13-19-14-15(17-9-18-16(14)22-13)20-7-10-5-3-4-6-11(10)12(21)8-20/h3-6,9,12,21H,2,7-8H2,1H3/t12-/m1/s1. The number of fused-ring (bicyclic) bond motifs is 2. The van der Waals surface area contributed by atoms with E-state index in [1.807, 2.05) is 36.1 Å².